The molecule has 0 fully saturated rings. The standard InChI is InChI=1S/C25H52O8/c1-5-9-26-13-17-30-21-25(22-31-18-14-27-10-6-2,23-32-19-15-28-11-7-3)24-33-20-16-29-12-8-4/h5-24H2,1-4H3. The maximum Gasteiger partial charge on any atom is 0.0700 e. The molecule has 33 heavy (non-hydrogen) atoms. The number of rotatable bonds is 28. The zero-order valence-corrected chi connectivity index (χ0v) is 21.9. The van der Waals surface area contributed by atoms with Crippen LogP contribution in [0.3, 0.4) is 0 Å². The van der Waals surface area contributed by atoms with E-state index in [-0.39, 0.29) is 0 Å². The van der Waals surface area contributed by atoms with Gasteiger partial charge < -0.3 is 37.9 Å². The summed E-state index contributed by atoms with van der Waals surface area (Å²) >= 11 is 0. The van der Waals surface area contributed by atoms with Crippen molar-refractivity contribution in [2.45, 2.75) is 53.4 Å². The Balaban J connectivity index is 4.74. The third-order valence-corrected chi connectivity index (χ3v) is 4.51. The van der Waals surface area contributed by atoms with Crippen LogP contribution < -0.4 is 0 Å². The summed E-state index contributed by atoms with van der Waals surface area (Å²) in [7, 11) is 0. The molecular weight excluding hydrogens is 428 g/mol. The van der Waals surface area contributed by atoms with E-state index in [9.17, 15) is 0 Å². The second-order valence-electron chi connectivity index (χ2n) is 8.16. The molecule has 0 spiro atoms. The van der Waals surface area contributed by atoms with Crippen LogP contribution in [0.15, 0.2) is 0 Å². The predicted octanol–water partition coefficient (Wildman–Crippen LogP) is 3.75. The molecule has 0 atom stereocenters. The van der Waals surface area contributed by atoms with E-state index in [2.05, 4.69) is 27.7 Å². The SMILES string of the molecule is CCCOCCOCC(COCCOCCC)(COCCOCCC)COCCOCCC. The molecule has 0 aliphatic heterocycles. The second kappa shape index (κ2) is 26.3. The molecule has 0 amide bonds. The molecule has 0 aliphatic carbocycles. The third kappa shape index (κ3) is 21.9. The molecule has 0 unspecified atom stereocenters. The van der Waals surface area contributed by atoms with Gasteiger partial charge in [0.2, 0.25) is 0 Å². The second-order valence-corrected chi connectivity index (χ2v) is 8.16. The van der Waals surface area contributed by atoms with Crippen molar-refractivity contribution in [3.05, 3.63) is 0 Å². The highest BCUT2D eigenvalue weighted by molar-refractivity contribution is 4.79. The van der Waals surface area contributed by atoms with Crippen molar-refractivity contribution >= 4 is 0 Å². The highest BCUT2D eigenvalue weighted by atomic mass is 16.6. The Kier molecular flexibility index (Phi) is 26.0. The van der Waals surface area contributed by atoms with Crippen LogP contribution in [0.2, 0.25) is 0 Å². The van der Waals surface area contributed by atoms with Crippen molar-refractivity contribution < 1.29 is 37.9 Å². The molecule has 0 radical (unpaired) electrons. The molecule has 0 bridgehead atoms. The Morgan fingerprint density at radius 3 is 0.727 bits per heavy atom. The molecule has 8 heteroatoms. The summed E-state index contributed by atoms with van der Waals surface area (Å²) < 4.78 is 46.0. The molecule has 0 saturated carbocycles. The normalized spacial score (nSPS) is 12.0. The molecule has 0 heterocycles. The molecule has 8 nitrogen and oxygen atoms in total. The maximum atomic E-state index is 5.97. The van der Waals surface area contributed by atoms with Crippen molar-refractivity contribution in [1.82, 2.24) is 0 Å². The molecule has 0 aromatic rings. The summed E-state index contributed by atoms with van der Waals surface area (Å²) in [6.45, 7) is 17.6. The van der Waals surface area contributed by atoms with Crippen molar-refractivity contribution in [3.8, 4) is 0 Å². The van der Waals surface area contributed by atoms with Gasteiger partial charge in [0.05, 0.1) is 84.7 Å². The minimum absolute atomic E-state index is 0.426. The summed E-state index contributed by atoms with van der Waals surface area (Å²) in [5, 5.41) is 0. The number of hydrogen-bond acceptors (Lipinski definition) is 8. The van der Waals surface area contributed by atoms with Gasteiger partial charge in [-0.3, -0.25) is 0 Å². The van der Waals surface area contributed by atoms with E-state index < -0.39 is 5.41 Å². The van der Waals surface area contributed by atoms with Crippen molar-refractivity contribution in [2.75, 3.05) is 106 Å². The molecule has 0 saturated heterocycles. The fourth-order valence-corrected chi connectivity index (χ4v) is 2.86. The van der Waals surface area contributed by atoms with Gasteiger partial charge in [-0.15, -0.1) is 0 Å². The Hall–Kier alpha value is -0.320. The van der Waals surface area contributed by atoms with Gasteiger partial charge in [-0.1, -0.05) is 27.7 Å². The van der Waals surface area contributed by atoms with Gasteiger partial charge in [0, 0.05) is 26.4 Å². The lowest BCUT2D eigenvalue weighted by Crippen LogP contribution is -2.42. The van der Waals surface area contributed by atoms with E-state index in [0.29, 0.717) is 79.3 Å². The maximum absolute atomic E-state index is 5.97. The first-order valence-electron chi connectivity index (χ1n) is 12.9. The van der Waals surface area contributed by atoms with E-state index in [1.165, 1.54) is 0 Å². The van der Waals surface area contributed by atoms with Gasteiger partial charge in [-0.25, -0.2) is 0 Å². The van der Waals surface area contributed by atoms with Gasteiger partial charge >= 0.3 is 0 Å². The summed E-state index contributed by atoms with van der Waals surface area (Å²) in [6.07, 6.45) is 4.00. The van der Waals surface area contributed by atoms with Crippen LogP contribution >= 0.6 is 0 Å². The Bertz CT molecular complexity index is 301. The summed E-state index contributed by atoms with van der Waals surface area (Å²) in [5.74, 6) is 0. The zero-order valence-electron chi connectivity index (χ0n) is 21.9. The van der Waals surface area contributed by atoms with Crippen molar-refractivity contribution in [2.24, 2.45) is 5.41 Å². The minimum Gasteiger partial charge on any atom is -0.379 e. The van der Waals surface area contributed by atoms with Crippen LogP contribution in [0.25, 0.3) is 0 Å². The Labute approximate surface area is 202 Å². The quantitative estimate of drug-likeness (QED) is 0.157. The predicted molar refractivity (Wildman–Crippen MR) is 130 cm³/mol. The van der Waals surface area contributed by atoms with E-state index >= 15 is 0 Å². The van der Waals surface area contributed by atoms with Crippen molar-refractivity contribution in [1.29, 1.82) is 0 Å². The molecular formula is C25H52O8. The first kappa shape index (κ1) is 32.7. The van der Waals surface area contributed by atoms with Crippen LogP contribution in [0.5, 0.6) is 0 Å². The lowest BCUT2D eigenvalue weighted by molar-refractivity contribution is -0.121. The summed E-state index contributed by atoms with van der Waals surface area (Å²) in [4.78, 5) is 0. The summed E-state index contributed by atoms with van der Waals surface area (Å²) in [6, 6.07) is 0. The Morgan fingerprint density at radius 2 is 0.515 bits per heavy atom. The van der Waals surface area contributed by atoms with Crippen molar-refractivity contribution in [3.63, 3.8) is 0 Å². The molecule has 0 aromatic heterocycles. The third-order valence-electron chi connectivity index (χ3n) is 4.51. The van der Waals surface area contributed by atoms with Crippen LogP contribution in [0, 0.1) is 5.41 Å². The largest absolute Gasteiger partial charge is 0.379 e. The van der Waals surface area contributed by atoms with E-state index in [1.807, 2.05) is 0 Å². The Morgan fingerprint density at radius 1 is 0.303 bits per heavy atom. The van der Waals surface area contributed by atoms with Crippen LogP contribution in [0.4, 0.5) is 0 Å². The molecule has 200 valence electrons. The highest BCUT2D eigenvalue weighted by Crippen LogP contribution is 2.21. The molecule has 0 aromatic carbocycles. The minimum atomic E-state index is -0.426. The fraction of sp³-hybridized carbons (Fsp3) is 1.00. The number of ether oxygens (including phenoxy) is 8. The van der Waals surface area contributed by atoms with Crippen LogP contribution in [-0.2, 0) is 37.9 Å². The fourth-order valence-electron chi connectivity index (χ4n) is 2.86. The highest BCUT2D eigenvalue weighted by Gasteiger charge is 2.32. The van der Waals surface area contributed by atoms with E-state index in [4.69, 9.17) is 37.9 Å². The first-order chi connectivity index (χ1) is 16.2. The lowest BCUT2D eigenvalue weighted by atomic mass is 9.92. The van der Waals surface area contributed by atoms with E-state index in [0.717, 1.165) is 52.1 Å². The van der Waals surface area contributed by atoms with Crippen LogP contribution in [0.1, 0.15) is 53.4 Å². The topological polar surface area (TPSA) is 73.8 Å². The van der Waals surface area contributed by atoms with Gasteiger partial charge in [0.15, 0.2) is 0 Å². The molecule has 0 aliphatic rings. The number of hydrogen-bond donors (Lipinski definition) is 0. The zero-order chi connectivity index (χ0) is 24.3. The smallest absolute Gasteiger partial charge is 0.0700 e. The lowest BCUT2D eigenvalue weighted by Gasteiger charge is -2.33. The molecule has 0 N–H and O–H groups in total. The van der Waals surface area contributed by atoms with Gasteiger partial charge in [0.1, 0.15) is 0 Å². The van der Waals surface area contributed by atoms with Crippen LogP contribution in [-0.4, -0.2) is 106 Å². The average molecular weight is 481 g/mol. The van der Waals surface area contributed by atoms with Gasteiger partial charge in [-0.2, -0.15) is 0 Å². The van der Waals surface area contributed by atoms with Gasteiger partial charge in [-0.05, 0) is 25.7 Å². The first-order valence-corrected chi connectivity index (χ1v) is 12.9. The molecule has 0 rings (SSSR count). The van der Waals surface area contributed by atoms with Gasteiger partial charge in [0.25, 0.3) is 0 Å². The summed E-state index contributed by atoms with van der Waals surface area (Å²) in [5.41, 5.74) is -0.426. The average Bonchev–Trinajstić information content (AvgIpc) is 2.83. The monoisotopic (exact) mass is 480 g/mol. The van der Waals surface area contributed by atoms with E-state index in [1.54, 1.807) is 0 Å².